The number of hydrogen-bond donors (Lipinski definition) is 1. The largest absolute Gasteiger partial charge is 0.385 e. The molecule has 2 nitrogen and oxygen atoms in total. The normalized spacial score (nSPS) is 13.9. The van der Waals surface area contributed by atoms with Crippen molar-refractivity contribution in [2.75, 3.05) is 20.3 Å². The van der Waals surface area contributed by atoms with Crippen molar-refractivity contribution < 1.29 is 4.74 Å². The molecule has 0 saturated heterocycles. The Hall–Kier alpha value is 0.1000. The molecule has 0 saturated carbocycles. The van der Waals surface area contributed by atoms with Crippen LogP contribution in [0.25, 0.3) is 0 Å². The van der Waals surface area contributed by atoms with Crippen LogP contribution in [-0.2, 0) is 4.74 Å². The summed E-state index contributed by atoms with van der Waals surface area (Å²) in [4.78, 5) is 1.37. The van der Waals surface area contributed by atoms with Crippen molar-refractivity contribution >= 4 is 27.3 Å². The summed E-state index contributed by atoms with van der Waals surface area (Å²) in [6, 6.07) is 4.69. The van der Waals surface area contributed by atoms with Gasteiger partial charge in [0.1, 0.15) is 0 Å². The van der Waals surface area contributed by atoms with Crippen molar-refractivity contribution in [3.63, 3.8) is 0 Å². The van der Waals surface area contributed by atoms with Crippen LogP contribution in [0.5, 0.6) is 0 Å². The molecular formula is C13H22BrNOS. The standard InChI is InChI=1S/C13H22BrNOS/c1-10(11-5-6-12(14)17-11)15-9-13(2,3)7-8-16-4/h5-6,10,15H,7-9H2,1-4H3. The number of hydrogen-bond acceptors (Lipinski definition) is 3. The van der Waals surface area contributed by atoms with Crippen LogP contribution in [0.1, 0.15) is 38.1 Å². The minimum atomic E-state index is 0.277. The Morgan fingerprint density at radius 3 is 2.71 bits per heavy atom. The van der Waals surface area contributed by atoms with E-state index >= 15 is 0 Å². The minimum absolute atomic E-state index is 0.277. The van der Waals surface area contributed by atoms with Crippen LogP contribution in [0.3, 0.4) is 0 Å². The lowest BCUT2D eigenvalue weighted by molar-refractivity contribution is 0.149. The van der Waals surface area contributed by atoms with Gasteiger partial charge in [-0.3, -0.25) is 0 Å². The van der Waals surface area contributed by atoms with E-state index in [2.05, 4.69) is 54.2 Å². The smallest absolute Gasteiger partial charge is 0.0701 e. The van der Waals surface area contributed by atoms with Gasteiger partial charge in [0.25, 0.3) is 0 Å². The Morgan fingerprint density at radius 1 is 1.47 bits per heavy atom. The lowest BCUT2D eigenvalue weighted by atomic mass is 9.89. The van der Waals surface area contributed by atoms with E-state index in [1.54, 1.807) is 18.4 Å². The third kappa shape index (κ3) is 5.51. The Labute approximate surface area is 117 Å². The number of ether oxygens (including phenoxy) is 1. The predicted molar refractivity (Wildman–Crippen MR) is 78.7 cm³/mol. The molecule has 0 spiro atoms. The number of thiophene rings is 1. The molecule has 1 N–H and O–H groups in total. The summed E-state index contributed by atoms with van der Waals surface area (Å²) >= 11 is 5.29. The zero-order valence-electron chi connectivity index (χ0n) is 11.0. The van der Waals surface area contributed by atoms with Crippen molar-refractivity contribution in [2.45, 2.75) is 33.2 Å². The molecule has 0 aliphatic carbocycles. The lowest BCUT2D eigenvalue weighted by Gasteiger charge is -2.26. The van der Waals surface area contributed by atoms with Crippen molar-refractivity contribution in [2.24, 2.45) is 5.41 Å². The highest BCUT2D eigenvalue weighted by Gasteiger charge is 2.19. The van der Waals surface area contributed by atoms with Crippen LogP contribution in [0.4, 0.5) is 0 Å². The Kier molecular flexibility index (Phi) is 6.13. The summed E-state index contributed by atoms with van der Waals surface area (Å²) in [5.41, 5.74) is 0.277. The maximum Gasteiger partial charge on any atom is 0.0701 e. The topological polar surface area (TPSA) is 21.3 Å². The van der Waals surface area contributed by atoms with E-state index in [1.165, 1.54) is 8.66 Å². The molecule has 0 aliphatic rings. The Morgan fingerprint density at radius 2 is 2.18 bits per heavy atom. The SMILES string of the molecule is COCCC(C)(C)CNC(C)c1ccc(Br)s1. The highest BCUT2D eigenvalue weighted by atomic mass is 79.9. The first-order valence-electron chi connectivity index (χ1n) is 5.92. The molecule has 0 radical (unpaired) electrons. The van der Waals surface area contributed by atoms with Gasteiger partial charge in [-0.1, -0.05) is 13.8 Å². The number of nitrogens with one attached hydrogen (secondary N) is 1. The molecule has 0 bridgehead atoms. The van der Waals surface area contributed by atoms with Gasteiger partial charge < -0.3 is 10.1 Å². The van der Waals surface area contributed by atoms with E-state index in [0.717, 1.165) is 19.6 Å². The first kappa shape index (κ1) is 15.2. The van der Waals surface area contributed by atoms with Crippen LogP contribution in [-0.4, -0.2) is 20.3 Å². The molecule has 17 heavy (non-hydrogen) atoms. The van der Waals surface area contributed by atoms with Gasteiger partial charge in [0, 0.05) is 31.2 Å². The van der Waals surface area contributed by atoms with Crippen molar-refractivity contribution in [1.29, 1.82) is 0 Å². The molecule has 98 valence electrons. The maximum atomic E-state index is 5.14. The third-order valence-electron chi connectivity index (χ3n) is 2.89. The molecule has 1 aromatic heterocycles. The zero-order valence-corrected chi connectivity index (χ0v) is 13.5. The molecular weight excluding hydrogens is 298 g/mol. The molecule has 1 rings (SSSR count). The van der Waals surface area contributed by atoms with Gasteiger partial charge >= 0.3 is 0 Å². The first-order chi connectivity index (χ1) is 7.94. The van der Waals surface area contributed by atoms with E-state index in [4.69, 9.17) is 4.74 Å². The second kappa shape index (κ2) is 6.88. The van der Waals surface area contributed by atoms with Crippen LogP contribution in [0.15, 0.2) is 15.9 Å². The fourth-order valence-electron chi connectivity index (χ4n) is 1.56. The highest BCUT2D eigenvalue weighted by Crippen LogP contribution is 2.28. The lowest BCUT2D eigenvalue weighted by Crippen LogP contribution is -2.31. The molecule has 0 aliphatic heterocycles. The van der Waals surface area contributed by atoms with Gasteiger partial charge in [-0.2, -0.15) is 0 Å². The average molecular weight is 320 g/mol. The van der Waals surface area contributed by atoms with Crippen molar-refractivity contribution in [3.05, 3.63) is 20.8 Å². The van der Waals surface area contributed by atoms with E-state index in [-0.39, 0.29) is 5.41 Å². The van der Waals surface area contributed by atoms with E-state index in [0.29, 0.717) is 6.04 Å². The van der Waals surface area contributed by atoms with Gasteiger partial charge in [-0.05, 0) is 46.8 Å². The fourth-order valence-corrected chi connectivity index (χ4v) is 3.01. The van der Waals surface area contributed by atoms with Crippen molar-refractivity contribution in [1.82, 2.24) is 5.32 Å². The maximum absolute atomic E-state index is 5.14. The molecule has 0 aromatic carbocycles. The molecule has 1 unspecified atom stereocenters. The number of methoxy groups -OCH3 is 1. The molecule has 0 fully saturated rings. The number of rotatable bonds is 7. The van der Waals surface area contributed by atoms with Gasteiger partial charge in [0.2, 0.25) is 0 Å². The molecule has 0 amide bonds. The van der Waals surface area contributed by atoms with Gasteiger partial charge in [-0.25, -0.2) is 0 Å². The number of halogens is 1. The van der Waals surface area contributed by atoms with Crippen molar-refractivity contribution in [3.8, 4) is 0 Å². The summed E-state index contributed by atoms with van der Waals surface area (Å²) in [5.74, 6) is 0. The molecule has 1 heterocycles. The highest BCUT2D eigenvalue weighted by molar-refractivity contribution is 9.11. The zero-order chi connectivity index (χ0) is 12.9. The molecule has 1 aromatic rings. The second-order valence-electron chi connectivity index (χ2n) is 5.15. The van der Waals surface area contributed by atoms with E-state index < -0.39 is 0 Å². The Bertz CT molecular complexity index is 338. The van der Waals surface area contributed by atoms with E-state index in [1.807, 2.05) is 0 Å². The van der Waals surface area contributed by atoms with Crippen LogP contribution >= 0.6 is 27.3 Å². The fraction of sp³-hybridized carbons (Fsp3) is 0.692. The average Bonchev–Trinajstić information content (AvgIpc) is 2.70. The predicted octanol–water partition coefficient (Wildman–Crippen LogP) is 4.22. The molecule has 1 atom stereocenters. The first-order valence-corrected chi connectivity index (χ1v) is 7.53. The summed E-state index contributed by atoms with van der Waals surface area (Å²) in [7, 11) is 1.76. The monoisotopic (exact) mass is 319 g/mol. The molecule has 4 heteroatoms. The van der Waals surface area contributed by atoms with Crippen LogP contribution < -0.4 is 5.32 Å². The van der Waals surface area contributed by atoms with Crippen LogP contribution in [0, 0.1) is 5.41 Å². The third-order valence-corrected chi connectivity index (χ3v) is 4.70. The Balaban J connectivity index is 2.39. The van der Waals surface area contributed by atoms with Gasteiger partial charge in [0.05, 0.1) is 3.79 Å². The minimum Gasteiger partial charge on any atom is -0.385 e. The quantitative estimate of drug-likeness (QED) is 0.812. The summed E-state index contributed by atoms with van der Waals surface area (Å²) in [5, 5.41) is 3.60. The van der Waals surface area contributed by atoms with Gasteiger partial charge in [-0.15, -0.1) is 11.3 Å². The summed E-state index contributed by atoms with van der Waals surface area (Å²) in [6.07, 6.45) is 1.08. The van der Waals surface area contributed by atoms with Gasteiger partial charge in [0.15, 0.2) is 0 Å². The second-order valence-corrected chi connectivity index (χ2v) is 7.65. The summed E-state index contributed by atoms with van der Waals surface area (Å²) < 4.78 is 6.33. The summed E-state index contributed by atoms with van der Waals surface area (Å²) in [6.45, 7) is 8.59. The van der Waals surface area contributed by atoms with E-state index in [9.17, 15) is 0 Å². The van der Waals surface area contributed by atoms with Crippen LogP contribution in [0.2, 0.25) is 0 Å².